The number of fused-ring (bicyclic) bond motifs is 2. The molecule has 102 valence electrons. The number of oxazole rings is 1. The van der Waals surface area contributed by atoms with Crippen molar-refractivity contribution in [3.05, 3.63) is 53.9 Å². The van der Waals surface area contributed by atoms with Gasteiger partial charge in [0.2, 0.25) is 0 Å². The standard InChI is InChI=1S/C15H9N3O2S/c19-14(15-18-10-3-1-2-4-12(10)20-15)17-9-5-6-13-11(7-9)16-8-21-13/h1-8H,(H,17,19). The molecule has 0 aliphatic heterocycles. The molecule has 0 aliphatic rings. The van der Waals surface area contributed by atoms with Crippen LogP contribution in [0.5, 0.6) is 0 Å². The predicted molar refractivity (Wildman–Crippen MR) is 81.6 cm³/mol. The van der Waals surface area contributed by atoms with Crippen LogP contribution >= 0.6 is 11.3 Å². The van der Waals surface area contributed by atoms with E-state index in [0.29, 0.717) is 16.8 Å². The first-order valence-electron chi connectivity index (χ1n) is 6.30. The Morgan fingerprint density at radius 1 is 1.14 bits per heavy atom. The molecule has 5 nitrogen and oxygen atoms in total. The van der Waals surface area contributed by atoms with E-state index < -0.39 is 0 Å². The molecule has 1 N–H and O–H groups in total. The first-order valence-corrected chi connectivity index (χ1v) is 7.18. The molecule has 2 aromatic carbocycles. The van der Waals surface area contributed by atoms with Crippen LogP contribution < -0.4 is 5.32 Å². The van der Waals surface area contributed by atoms with E-state index in [9.17, 15) is 4.79 Å². The molecule has 0 aliphatic carbocycles. The summed E-state index contributed by atoms with van der Waals surface area (Å²) in [5.74, 6) is -0.324. The van der Waals surface area contributed by atoms with Gasteiger partial charge in [-0.05, 0) is 30.3 Å². The van der Waals surface area contributed by atoms with Crippen molar-refractivity contribution >= 4 is 44.2 Å². The molecular weight excluding hydrogens is 286 g/mol. The molecule has 0 saturated carbocycles. The van der Waals surface area contributed by atoms with Crippen LogP contribution in [0.15, 0.2) is 52.4 Å². The van der Waals surface area contributed by atoms with Crippen molar-refractivity contribution in [1.82, 2.24) is 9.97 Å². The summed E-state index contributed by atoms with van der Waals surface area (Å²) in [5.41, 5.74) is 4.56. The number of rotatable bonds is 2. The number of carbonyl (C=O) groups excluding carboxylic acids is 1. The van der Waals surface area contributed by atoms with Gasteiger partial charge in [0.05, 0.1) is 15.7 Å². The lowest BCUT2D eigenvalue weighted by atomic mass is 10.3. The van der Waals surface area contributed by atoms with Gasteiger partial charge in [0, 0.05) is 5.69 Å². The maximum Gasteiger partial charge on any atom is 0.311 e. The lowest BCUT2D eigenvalue weighted by molar-refractivity contribution is 0.0992. The Morgan fingerprint density at radius 2 is 2.05 bits per heavy atom. The fraction of sp³-hybridized carbons (Fsp3) is 0. The molecule has 2 heterocycles. The number of thiazole rings is 1. The summed E-state index contributed by atoms with van der Waals surface area (Å²) in [6.07, 6.45) is 0. The number of amides is 1. The summed E-state index contributed by atoms with van der Waals surface area (Å²) >= 11 is 1.56. The molecule has 4 rings (SSSR count). The Morgan fingerprint density at radius 3 is 2.95 bits per heavy atom. The summed E-state index contributed by atoms with van der Waals surface area (Å²) in [7, 11) is 0. The van der Waals surface area contributed by atoms with Gasteiger partial charge in [0.25, 0.3) is 5.89 Å². The Balaban J connectivity index is 1.64. The fourth-order valence-electron chi connectivity index (χ4n) is 2.09. The molecule has 6 heteroatoms. The van der Waals surface area contributed by atoms with Gasteiger partial charge < -0.3 is 9.73 Å². The molecule has 0 atom stereocenters. The summed E-state index contributed by atoms with van der Waals surface area (Å²) in [5, 5.41) is 2.77. The van der Waals surface area contributed by atoms with Crippen LogP contribution in [-0.4, -0.2) is 15.9 Å². The van der Waals surface area contributed by atoms with E-state index in [1.807, 2.05) is 30.3 Å². The molecule has 0 bridgehead atoms. The number of carbonyl (C=O) groups is 1. The normalized spacial score (nSPS) is 11.0. The molecule has 0 saturated heterocycles. The second-order valence-corrected chi connectivity index (χ2v) is 5.36. The van der Waals surface area contributed by atoms with Crippen molar-refractivity contribution in [2.75, 3.05) is 5.32 Å². The smallest absolute Gasteiger partial charge is 0.311 e. The maximum absolute atomic E-state index is 12.2. The lowest BCUT2D eigenvalue weighted by Gasteiger charge is -2.01. The monoisotopic (exact) mass is 295 g/mol. The van der Waals surface area contributed by atoms with Crippen LogP contribution in [0.25, 0.3) is 21.3 Å². The van der Waals surface area contributed by atoms with Gasteiger partial charge in [-0.25, -0.2) is 9.97 Å². The van der Waals surface area contributed by atoms with E-state index in [0.717, 1.165) is 10.2 Å². The predicted octanol–water partition coefficient (Wildman–Crippen LogP) is 3.69. The number of nitrogens with zero attached hydrogens (tertiary/aromatic N) is 2. The Kier molecular flexibility index (Phi) is 2.68. The molecular formula is C15H9N3O2S. The highest BCUT2D eigenvalue weighted by Gasteiger charge is 2.14. The first-order chi connectivity index (χ1) is 10.3. The number of hydrogen-bond acceptors (Lipinski definition) is 5. The number of benzene rings is 2. The second kappa shape index (κ2) is 4.68. The van der Waals surface area contributed by atoms with Gasteiger partial charge in [0.15, 0.2) is 5.58 Å². The molecule has 1 amide bonds. The van der Waals surface area contributed by atoms with Crippen LogP contribution in [-0.2, 0) is 0 Å². The van der Waals surface area contributed by atoms with Gasteiger partial charge in [-0.1, -0.05) is 12.1 Å². The van der Waals surface area contributed by atoms with Gasteiger partial charge >= 0.3 is 5.91 Å². The van der Waals surface area contributed by atoms with Crippen LogP contribution in [0.2, 0.25) is 0 Å². The fourth-order valence-corrected chi connectivity index (χ4v) is 2.75. The molecule has 21 heavy (non-hydrogen) atoms. The SMILES string of the molecule is O=C(Nc1ccc2scnc2c1)c1nc2ccccc2o1. The molecule has 4 aromatic rings. The molecule has 2 aromatic heterocycles. The third-order valence-electron chi connectivity index (χ3n) is 3.08. The van der Waals surface area contributed by atoms with E-state index in [1.165, 1.54) is 0 Å². The Labute approximate surface area is 123 Å². The third-order valence-corrected chi connectivity index (χ3v) is 3.89. The number of hydrogen-bond donors (Lipinski definition) is 1. The van der Waals surface area contributed by atoms with E-state index in [1.54, 1.807) is 29.0 Å². The highest BCUT2D eigenvalue weighted by molar-refractivity contribution is 7.16. The van der Waals surface area contributed by atoms with Crippen LogP contribution in [0.4, 0.5) is 5.69 Å². The van der Waals surface area contributed by atoms with Gasteiger partial charge in [-0.2, -0.15) is 0 Å². The van der Waals surface area contributed by atoms with E-state index in [2.05, 4.69) is 15.3 Å². The Bertz CT molecular complexity index is 925. The van der Waals surface area contributed by atoms with Crippen molar-refractivity contribution in [2.24, 2.45) is 0 Å². The molecule has 0 radical (unpaired) electrons. The molecule has 0 unspecified atom stereocenters. The summed E-state index contributed by atoms with van der Waals surface area (Å²) < 4.78 is 6.52. The minimum absolute atomic E-state index is 0.0505. The summed E-state index contributed by atoms with van der Waals surface area (Å²) in [4.78, 5) is 20.6. The quantitative estimate of drug-likeness (QED) is 0.612. The summed E-state index contributed by atoms with van der Waals surface area (Å²) in [6, 6.07) is 12.9. The zero-order chi connectivity index (χ0) is 14.2. The minimum Gasteiger partial charge on any atom is -0.432 e. The number of anilines is 1. The zero-order valence-electron chi connectivity index (χ0n) is 10.7. The van der Waals surface area contributed by atoms with Gasteiger partial charge in [-0.3, -0.25) is 4.79 Å². The largest absolute Gasteiger partial charge is 0.432 e. The average molecular weight is 295 g/mol. The van der Waals surface area contributed by atoms with Crippen molar-refractivity contribution in [3.8, 4) is 0 Å². The highest BCUT2D eigenvalue weighted by Crippen LogP contribution is 2.22. The molecule has 0 spiro atoms. The van der Waals surface area contributed by atoms with Crippen LogP contribution in [0.3, 0.4) is 0 Å². The van der Waals surface area contributed by atoms with Crippen molar-refractivity contribution in [3.63, 3.8) is 0 Å². The number of aromatic nitrogens is 2. The average Bonchev–Trinajstić information content (AvgIpc) is 3.13. The maximum atomic E-state index is 12.2. The first kappa shape index (κ1) is 12.0. The topological polar surface area (TPSA) is 68.0 Å². The third kappa shape index (κ3) is 2.15. The second-order valence-electron chi connectivity index (χ2n) is 4.48. The number of nitrogens with one attached hydrogen (secondary N) is 1. The van der Waals surface area contributed by atoms with Crippen molar-refractivity contribution in [2.45, 2.75) is 0 Å². The number of para-hydroxylation sites is 2. The van der Waals surface area contributed by atoms with Crippen molar-refractivity contribution in [1.29, 1.82) is 0 Å². The summed E-state index contributed by atoms with van der Waals surface area (Å²) in [6.45, 7) is 0. The van der Waals surface area contributed by atoms with E-state index in [4.69, 9.17) is 4.42 Å². The van der Waals surface area contributed by atoms with Crippen LogP contribution in [0.1, 0.15) is 10.7 Å². The van der Waals surface area contributed by atoms with E-state index in [-0.39, 0.29) is 11.8 Å². The lowest BCUT2D eigenvalue weighted by Crippen LogP contribution is -2.12. The van der Waals surface area contributed by atoms with Crippen LogP contribution in [0, 0.1) is 0 Å². The van der Waals surface area contributed by atoms with Crippen molar-refractivity contribution < 1.29 is 9.21 Å². The zero-order valence-corrected chi connectivity index (χ0v) is 11.6. The van der Waals surface area contributed by atoms with E-state index >= 15 is 0 Å². The van der Waals surface area contributed by atoms with Gasteiger partial charge in [-0.15, -0.1) is 11.3 Å². The Hall–Kier alpha value is -2.73. The molecule has 0 fully saturated rings. The van der Waals surface area contributed by atoms with Gasteiger partial charge in [0.1, 0.15) is 5.52 Å². The highest BCUT2D eigenvalue weighted by atomic mass is 32.1. The minimum atomic E-state index is -0.374.